The molecule has 2 aliphatic carbocycles. The van der Waals surface area contributed by atoms with Gasteiger partial charge in [0.05, 0.1) is 0 Å². The summed E-state index contributed by atoms with van der Waals surface area (Å²) in [5.41, 5.74) is 8.74. The molecule has 2 aromatic rings. The molecule has 0 saturated heterocycles. The Morgan fingerprint density at radius 2 is 0.913 bits per heavy atom. The molecule has 1 heteroatoms. The van der Waals surface area contributed by atoms with Crippen molar-refractivity contribution < 1.29 is 0 Å². The molecule has 0 aromatic heterocycles. The lowest BCUT2D eigenvalue weighted by atomic mass is 10.0. The first-order chi connectivity index (χ1) is 11.4. The van der Waals surface area contributed by atoms with Crippen molar-refractivity contribution in [1.82, 2.24) is 0 Å². The number of fused-ring (bicyclic) bond motifs is 2. The van der Waals surface area contributed by atoms with Crippen LogP contribution in [0.1, 0.15) is 60.8 Å². The summed E-state index contributed by atoms with van der Waals surface area (Å²) in [5, 5.41) is 3.64. The molecular weight excluding hydrogens is 278 g/mol. The lowest BCUT2D eigenvalue weighted by Gasteiger charge is -2.13. The summed E-state index contributed by atoms with van der Waals surface area (Å²) in [7, 11) is 0. The van der Waals surface area contributed by atoms with E-state index in [0.717, 1.165) is 0 Å². The van der Waals surface area contributed by atoms with Gasteiger partial charge in [-0.15, -0.1) is 0 Å². The highest BCUT2D eigenvalue weighted by Crippen LogP contribution is 2.28. The van der Waals surface area contributed by atoms with Crippen molar-refractivity contribution in [2.24, 2.45) is 0 Å². The zero-order valence-corrected chi connectivity index (χ0v) is 14.0. The van der Waals surface area contributed by atoms with Crippen LogP contribution in [-0.2, 0) is 25.7 Å². The number of aryl methyl sites for hydroxylation is 4. The standard InChI is InChI=1S/C22H27N/c1-3-7-17-11-13-21(15-19(17)9-5-1)23-22-14-12-18-8-4-2-6-10-20(18)16-22/h11-16,23H,1-10H2. The highest BCUT2D eigenvalue weighted by Gasteiger charge is 2.10. The molecule has 4 rings (SSSR count). The predicted octanol–water partition coefficient (Wildman–Crippen LogP) is 5.97. The van der Waals surface area contributed by atoms with Gasteiger partial charge < -0.3 is 5.32 Å². The highest BCUT2D eigenvalue weighted by atomic mass is 14.9. The molecule has 2 aliphatic rings. The Hall–Kier alpha value is -1.76. The van der Waals surface area contributed by atoms with Crippen molar-refractivity contribution in [3.63, 3.8) is 0 Å². The SMILES string of the molecule is c1cc2c(cc1Nc1ccc3c(c1)CCCCC3)CCCCC2. The number of rotatable bonds is 2. The first-order valence-electron chi connectivity index (χ1n) is 9.39. The minimum Gasteiger partial charge on any atom is -0.356 e. The molecule has 1 nitrogen and oxygen atoms in total. The Morgan fingerprint density at radius 3 is 1.39 bits per heavy atom. The van der Waals surface area contributed by atoms with E-state index in [0.29, 0.717) is 0 Å². The van der Waals surface area contributed by atoms with Gasteiger partial charge in [-0.1, -0.05) is 25.0 Å². The van der Waals surface area contributed by atoms with Crippen molar-refractivity contribution in [1.29, 1.82) is 0 Å². The van der Waals surface area contributed by atoms with Crippen LogP contribution >= 0.6 is 0 Å². The second-order valence-corrected chi connectivity index (χ2v) is 7.21. The van der Waals surface area contributed by atoms with Crippen LogP contribution in [-0.4, -0.2) is 0 Å². The van der Waals surface area contributed by atoms with Gasteiger partial charge in [-0.25, -0.2) is 0 Å². The van der Waals surface area contributed by atoms with Crippen molar-refractivity contribution in [3.05, 3.63) is 58.7 Å². The van der Waals surface area contributed by atoms with Crippen LogP contribution in [0, 0.1) is 0 Å². The van der Waals surface area contributed by atoms with Crippen molar-refractivity contribution in [2.45, 2.75) is 64.2 Å². The third-order valence-corrected chi connectivity index (χ3v) is 5.49. The molecule has 0 bridgehead atoms. The number of anilines is 2. The highest BCUT2D eigenvalue weighted by molar-refractivity contribution is 5.62. The van der Waals surface area contributed by atoms with Gasteiger partial charge in [0.1, 0.15) is 0 Å². The van der Waals surface area contributed by atoms with E-state index in [1.807, 2.05) is 0 Å². The number of hydrogen-bond acceptors (Lipinski definition) is 1. The minimum absolute atomic E-state index is 1.25. The van der Waals surface area contributed by atoms with E-state index in [-0.39, 0.29) is 0 Å². The number of nitrogens with one attached hydrogen (secondary N) is 1. The lowest BCUT2D eigenvalue weighted by Crippen LogP contribution is -1.97. The average Bonchev–Trinajstić information content (AvgIpc) is 2.94. The van der Waals surface area contributed by atoms with Crippen molar-refractivity contribution in [2.75, 3.05) is 5.32 Å². The molecule has 0 radical (unpaired) electrons. The molecule has 1 N–H and O–H groups in total. The van der Waals surface area contributed by atoms with Gasteiger partial charge in [0.2, 0.25) is 0 Å². The summed E-state index contributed by atoms with van der Waals surface area (Å²) in [6.45, 7) is 0. The molecule has 23 heavy (non-hydrogen) atoms. The van der Waals surface area contributed by atoms with Gasteiger partial charge in [0, 0.05) is 11.4 Å². The van der Waals surface area contributed by atoms with E-state index in [1.54, 1.807) is 22.3 Å². The fraction of sp³-hybridized carbons (Fsp3) is 0.455. The zero-order chi connectivity index (χ0) is 15.5. The third kappa shape index (κ3) is 3.44. The van der Waals surface area contributed by atoms with Gasteiger partial charge in [-0.05, 0) is 97.9 Å². The van der Waals surface area contributed by atoms with Gasteiger partial charge in [0.25, 0.3) is 0 Å². The van der Waals surface area contributed by atoms with E-state index in [2.05, 4.69) is 41.7 Å². The van der Waals surface area contributed by atoms with Crippen molar-refractivity contribution >= 4 is 11.4 Å². The Morgan fingerprint density at radius 1 is 0.478 bits per heavy atom. The second kappa shape index (κ2) is 6.78. The normalized spacial score (nSPS) is 17.6. The molecule has 0 heterocycles. The summed E-state index contributed by atoms with van der Waals surface area (Å²) >= 11 is 0. The maximum absolute atomic E-state index is 3.64. The van der Waals surface area contributed by atoms with E-state index < -0.39 is 0 Å². The fourth-order valence-corrected chi connectivity index (χ4v) is 4.14. The Bertz CT molecular complexity index is 627. The number of benzene rings is 2. The molecule has 0 atom stereocenters. The predicted molar refractivity (Wildman–Crippen MR) is 98.7 cm³/mol. The number of hydrogen-bond donors (Lipinski definition) is 1. The second-order valence-electron chi connectivity index (χ2n) is 7.21. The minimum atomic E-state index is 1.25. The molecular formula is C22H27N. The largest absolute Gasteiger partial charge is 0.356 e. The van der Waals surface area contributed by atoms with E-state index in [1.165, 1.54) is 75.6 Å². The van der Waals surface area contributed by atoms with Crippen LogP contribution in [0.4, 0.5) is 11.4 Å². The van der Waals surface area contributed by atoms with E-state index in [4.69, 9.17) is 0 Å². The van der Waals surface area contributed by atoms with E-state index in [9.17, 15) is 0 Å². The first kappa shape index (κ1) is 14.8. The third-order valence-electron chi connectivity index (χ3n) is 5.49. The summed E-state index contributed by atoms with van der Waals surface area (Å²) in [4.78, 5) is 0. The topological polar surface area (TPSA) is 12.0 Å². The average molecular weight is 305 g/mol. The van der Waals surface area contributed by atoms with Crippen LogP contribution in [0.2, 0.25) is 0 Å². The molecule has 0 unspecified atom stereocenters. The molecule has 0 saturated carbocycles. The smallest absolute Gasteiger partial charge is 0.0387 e. The molecule has 0 fully saturated rings. The molecule has 2 aromatic carbocycles. The van der Waals surface area contributed by atoms with Gasteiger partial charge in [-0.2, -0.15) is 0 Å². The zero-order valence-electron chi connectivity index (χ0n) is 14.0. The maximum atomic E-state index is 3.64. The maximum Gasteiger partial charge on any atom is 0.0387 e. The van der Waals surface area contributed by atoms with Gasteiger partial charge in [-0.3, -0.25) is 0 Å². The summed E-state index contributed by atoms with van der Waals surface area (Å²) < 4.78 is 0. The molecule has 0 amide bonds. The molecule has 0 aliphatic heterocycles. The Kier molecular flexibility index (Phi) is 4.37. The van der Waals surface area contributed by atoms with Crippen LogP contribution in [0.25, 0.3) is 0 Å². The van der Waals surface area contributed by atoms with E-state index >= 15 is 0 Å². The molecule has 0 spiro atoms. The fourth-order valence-electron chi connectivity index (χ4n) is 4.14. The summed E-state index contributed by atoms with van der Waals surface area (Å²) in [5.74, 6) is 0. The molecule has 120 valence electrons. The first-order valence-corrected chi connectivity index (χ1v) is 9.39. The van der Waals surface area contributed by atoms with Gasteiger partial charge >= 0.3 is 0 Å². The Labute approximate surface area is 140 Å². The van der Waals surface area contributed by atoms with Crippen LogP contribution in [0.3, 0.4) is 0 Å². The van der Waals surface area contributed by atoms with Gasteiger partial charge in [0.15, 0.2) is 0 Å². The quantitative estimate of drug-likeness (QED) is 0.674. The summed E-state index contributed by atoms with van der Waals surface area (Å²) in [6, 6.07) is 14.0. The van der Waals surface area contributed by atoms with Crippen LogP contribution in [0.5, 0.6) is 0 Å². The van der Waals surface area contributed by atoms with Crippen molar-refractivity contribution in [3.8, 4) is 0 Å². The van der Waals surface area contributed by atoms with Crippen LogP contribution in [0.15, 0.2) is 36.4 Å². The lowest BCUT2D eigenvalue weighted by molar-refractivity contribution is 0.711. The summed E-state index contributed by atoms with van der Waals surface area (Å²) in [6.07, 6.45) is 13.2. The van der Waals surface area contributed by atoms with Crippen LogP contribution < -0.4 is 5.32 Å². The Balaban J connectivity index is 1.56. The monoisotopic (exact) mass is 305 g/mol.